The van der Waals surface area contributed by atoms with Crippen molar-refractivity contribution in [2.75, 3.05) is 0 Å². The van der Waals surface area contributed by atoms with E-state index in [1.807, 2.05) is 0 Å². The number of aromatic hydroxyl groups is 1. The van der Waals surface area contributed by atoms with E-state index in [1.165, 1.54) is 0 Å². The molecule has 1 aromatic heterocycles. The summed E-state index contributed by atoms with van der Waals surface area (Å²) in [5.41, 5.74) is -2.86. The number of benzene rings is 2. The van der Waals surface area contributed by atoms with Crippen molar-refractivity contribution in [3.05, 3.63) is 76.0 Å². The smallest absolute Gasteiger partial charge is 0.226 e. The third-order valence-corrected chi connectivity index (χ3v) is 3.69. The molecule has 3 aromatic rings. The predicted molar refractivity (Wildman–Crippen MR) is 79.6 cm³/mol. The molecule has 3 rings (SSSR count). The molecule has 0 aliphatic heterocycles. The Morgan fingerprint density at radius 1 is 0.929 bits per heavy atom. The quantitative estimate of drug-likeness (QED) is 0.290. The molecule has 1 heterocycles. The normalized spacial score (nSPS) is 10.7. The van der Waals surface area contributed by atoms with Gasteiger partial charge in [0.1, 0.15) is 22.9 Å². The van der Waals surface area contributed by atoms with Gasteiger partial charge >= 0.3 is 0 Å². The van der Waals surface area contributed by atoms with Crippen LogP contribution in [0.5, 0.6) is 5.88 Å². The van der Waals surface area contributed by atoms with Crippen molar-refractivity contribution in [2.45, 2.75) is 6.92 Å². The molecule has 0 saturated carbocycles. The monoisotopic (exact) mass is 441 g/mol. The Kier molecular flexibility index (Phi) is 5.91. The first kappa shape index (κ1) is 21.5. The standard InChI is InChI=1S/C17H8F6N2O2.Mn/c1-6-12(16(26)7-2-8(18)4-9(19)3-7)17(27)25(24-6)15-13(22)10(20)5-11(21)14(15)23;/h2-5,27H,1H3;. The van der Waals surface area contributed by atoms with Gasteiger partial charge < -0.3 is 5.11 Å². The minimum absolute atomic E-state index is 0. The van der Waals surface area contributed by atoms with E-state index in [0.717, 1.165) is 6.92 Å². The number of carbonyl (C=O) groups is 1. The Bertz CT molecular complexity index is 1050. The molecule has 0 aliphatic carbocycles. The summed E-state index contributed by atoms with van der Waals surface area (Å²) >= 11 is 0. The summed E-state index contributed by atoms with van der Waals surface area (Å²) in [6, 6.07) is 1.81. The van der Waals surface area contributed by atoms with E-state index >= 15 is 0 Å². The molecule has 0 amide bonds. The van der Waals surface area contributed by atoms with Crippen molar-refractivity contribution in [3.8, 4) is 11.6 Å². The number of hydrogen-bond acceptors (Lipinski definition) is 3. The van der Waals surface area contributed by atoms with Gasteiger partial charge in [-0.1, -0.05) is 0 Å². The molecule has 0 unspecified atom stereocenters. The molecular weight excluding hydrogens is 433 g/mol. The van der Waals surface area contributed by atoms with Gasteiger partial charge in [0.2, 0.25) is 11.7 Å². The largest absolute Gasteiger partial charge is 0.493 e. The number of carbonyl (C=O) groups excluding carboxylic acids is 1. The van der Waals surface area contributed by atoms with Crippen LogP contribution in [0, 0.1) is 41.8 Å². The Morgan fingerprint density at radius 2 is 1.43 bits per heavy atom. The Balaban J connectivity index is 0.00000280. The topological polar surface area (TPSA) is 55.1 Å². The summed E-state index contributed by atoms with van der Waals surface area (Å²) in [5.74, 6) is -11.7. The molecule has 11 heteroatoms. The van der Waals surface area contributed by atoms with Gasteiger partial charge in [-0.2, -0.15) is 9.78 Å². The average molecular weight is 441 g/mol. The number of hydrogen-bond donors (Lipinski definition) is 1. The first-order valence-corrected chi connectivity index (χ1v) is 7.24. The molecule has 0 aliphatic rings. The number of aromatic nitrogens is 2. The van der Waals surface area contributed by atoms with E-state index in [9.17, 15) is 36.2 Å². The van der Waals surface area contributed by atoms with E-state index in [1.54, 1.807) is 0 Å². The Labute approximate surface area is 163 Å². The van der Waals surface area contributed by atoms with E-state index in [2.05, 4.69) is 5.10 Å². The zero-order valence-corrected chi connectivity index (χ0v) is 14.9. The van der Waals surface area contributed by atoms with Crippen molar-refractivity contribution < 1.29 is 53.3 Å². The second kappa shape index (κ2) is 7.69. The number of rotatable bonds is 3. The molecule has 0 saturated heterocycles. The first-order valence-electron chi connectivity index (χ1n) is 7.24. The number of halogens is 6. The van der Waals surface area contributed by atoms with Gasteiger partial charge in [0.25, 0.3) is 0 Å². The van der Waals surface area contributed by atoms with Crippen LogP contribution in [0.3, 0.4) is 0 Å². The third kappa shape index (κ3) is 3.50. The van der Waals surface area contributed by atoms with Gasteiger partial charge in [0, 0.05) is 34.8 Å². The van der Waals surface area contributed by atoms with Gasteiger partial charge in [-0.15, -0.1) is 0 Å². The zero-order chi connectivity index (χ0) is 20.0. The van der Waals surface area contributed by atoms with E-state index in [0.29, 0.717) is 18.2 Å². The van der Waals surface area contributed by atoms with Crippen LogP contribution in [0.25, 0.3) is 5.69 Å². The molecular formula is C17H8F6MnN2O2. The van der Waals surface area contributed by atoms with Crippen molar-refractivity contribution in [2.24, 2.45) is 0 Å². The molecule has 28 heavy (non-hydrogen) atoms. The van der Waals surface area contributed by atoms with Crippen LogP contribution in [-0.4, -0.2) is 20.7 Å². The molecule has 0 bridgehead atoms. The molecule has 147 valence electrons. The Morgan fingerprint density at radius 3 is 1.93 bits per heavy atom. The van der Waals surface area contributed by atoms with Crippen LogP contribution < -0.4 is 0 Å². The summed E-state index contributed by atoms with van der Waals surface area (Å²) in [6.45, 7) is 1.14. The van der Waals surface area contributed by atoms with Gasteiger partial charge in [0.15, 0.2) is 23.3 Å². The van der Waals surface area contributed by atoms with Crippen LogP contribution in [0.2, 0.25) is 0 Å². The summed E-state index contributed by atoms with van der Waals surface area (Å²) in [7, 11) is 0. The van der Waals surface area contributed by atoms with Crippen LogP contribution >= 0.6 is 0 Å². The van der Waals surface area contributed by atoms with Crippen LogP contribution in [0.1, 0.15) is 21.6 Å². The fraction of sp³-hybridized carbons (Fsp3) is 0.0588. The van der Waals surface area contributed by atoms with E-state index in [4.69, 9.17) is 0 Å². The summed E-state index contributed by atoms with van der Waals surface area (Å²) in [5, 5.41) is 13.7. The van der Waals surface area contributed by atoms with E-state index in [-0.39, 0.29) is 33.5 Å². The van der Waals surface area contributed by atoms with E-state index < -0.39 is 63.4 Å². The van der Waals surface area contributed by atoms with Crippen molar-refractivity contribution in [1.29, 1.82) is 0 Å². The maximum atomic E-state index is 13.9. The minimum atomic E-state index is -1.86. The summed E-state index contributed by atoms with van der Waals surface area (Å²) < 4.78 is 81.4. The van der Waals surface area contributed by atoms with Gasteiger partial charge in [-0.3, -0.25) is 4.79 Å². The molecule has 0 spiro atoms. The molecule has 0 fully saturated rings. The summed E-state index contributed by atoms with van der Waals surface area (Å²) in [6.07, 6.45) is 0. The van der Waals surface area contributed by atoms with Crippen molar-refractivity contribution in [1.82, 2.24) is 9.78 Å². The maximum Gasteiger partial charge on any atom is 0.226 e. The predicted octanol–water partition coefficient (Wildman–Crippen LogP) is 3.95. The molecule has 1 N–H and O–H groups in total. The Hall–Kier alpha value is -2.78. The first-order chi connectivity index (χ1) is 12.6. The number of nitrogens with zero attached hydrogens (tertiary/aromatic N) is 2. The molecule has 4 nitrogen and oxygen atoms in total. The van der Waals surface area contributed by atoms with Crippen molar-refractivity contribution in [3.63, 3.8) is 0 Å². The van der Waals surface area contributed by atoms with Crippen LogP contribution in [-0.2, 0) is 17.1 Å². The maximum absolute atomic E-state index is 13.9. The van der Waals surface area contributed by atoms with Crippen molar-refractivity contribution >= 4 is 5.78 Å². The second-order valence-corrected chi connectivity index (χ2v) is 5.50. The number of ketones is 1. The SMILES string of the molecule is Cc1nn(-c2c(F)c(F)cc(F)c2F)c(O)c1C(=O)c1cc(F)cc(F)c1.[Mn]. The van der Waals surface area contributed by atoms with Gasteiger partial charge in [0.05, 0.1) is 5.69 Å². The molecule has 2 aromatic carbocycles. The molecule has 0 atom stereocenters. The fourth-order valence-corrected chi connectivity index (χ4v) is 2.51. The zero-order valence-electron chi connectivity index (χ0n) is 13.7. The second-order valence-electron chi connectivity index (χ2n) is 5.50. The average Bonchev–Trinajstić information content (AvgIpc) is 2.86. The van der Waals surface area contributed by atoms with Gasteiger partial charge in [-0.05, 0) is 19.1 Å². The number of aryl methyl sites for hydroxylation is 1. The summed E-state index contributed by atoms with van der Waals surface area (Å²) in [4.78, 5) is 12.5. The third-order valence-electron chi connectivity index (χ3n) is 3.69. The minimum Gasteiger partial charge on any atom is -0.493 e. The van der Waals surface area contributed by atoms with Gasteiger partial charge in [-0.25, -0.2) is 26.3 Å². The fourth-order valence-electron chi connectivity index (χ4n) is 2.51. The molecule has 1 radical (unpaired) electrons. The van der Waals surface area contributed by atoms with Crippen LogP contribution in [0.4, 0.5) is 26.3 Å². The van der Waals surface area contributed by atoms with Crippen LogP contribution in [0.15, 0.2) is 24.3 Å².